The maximum atomic E-state index is 10.0. The van der Waals surface area contributed by atoms with E-state index in [1.54, 1.807) is 6.33 Å². The van der Waals surface area contributed by atoms with E-state index >= 15 is 0 Å². The molecule has 1 aromatic carbocycles. The number of aliphatic hydroxyl groups is 1. The minimum atomic E-state index is -0.532. The van der Waals surface area contributed by atoms with E-state index in [1.165, 1.54) is 0 Å². The predicted molar refractivity (Wildman–Crippen MR) is 71.8 cm³/mol. The zero-order chi connectivity index (χ0) is 13.0. The number of benzene rings is 1. The summed E-state index contributed by atoms with van der Waals surface area (Å²) in [6, 6.07) is 7.66. The Bertz CT molecular complexity index is 514. The Hall–Kier alpha value is -1.24. The predicted octanol–water partition coefficient (Wildman–Crippen LogP) is 1.40. The lowest BCUT2D eigenvalue weighted by Gasteiger charge is -2.12. The van der Waals surface area contributed by atoms with Gasteiger partial charge in [0.1, 0.15) is 12.2 Å². The van der Waals surface area contributed by atoms with Crippen LogP contribution >= 0.6 is 15.9 Å². The Morgan fingerprint density at radius 1 is 1.50 bits per heavy atom. The van der Waals surface area contributed by atoms with Gasteiger partial charge in [-0.25, -0.2) is 0 Å². The van der Waals surface area contributed by atoms with Crippen LogP contribution in [-0.4, -0.2) is 26.4 Å². The van der Waals surface area contributed by atoms with Crippen molar-refractivity contribution in [3.63, 3.8) is 0 Å². The summed E-state index contributed by atoms with van der Waals surface area (Å²) in [5.41, 5.74) is 0.884. The SMILES string of the molecule is Cn1cnnc1CNCC(O)c1cccc(Br)c1. The molecule has 0 aliphatic rings. The summed E-state index contributed by atoms with van der Waals surface area (Å²) >= 11 is 3.39. The number of aliphatic hydroxyl groups excluding tert-OH is 1. The second-order valence-electron chi connectivity index (χ2n) is 4.06. The zero-order valence-corrected chi connectivity index (χ0v) is 11.6. The Morgan fingerprint density at radius 3 is 3.00 bits per heavy atom. The lowest BCUT2D eigenvalue weighted by molar-refractivity contribution is 0.174. The lowest BCUT2D eigenvalue weighted by atomic mass is 10.1. The molecule has 0 saturated carbocycles. The first-order chi connectivity index (χ1) is 8.66. The van der Waals surface area contributed by atoms with Crippen LogP contribution in [0.2, 0.25) is 0 Å². The molecule has 0 radical (unpaired) electrons. The smallest absolute Gasteiger partial charge is 0.146 e. The molecule has 2 aromatic rings. The van der Waals surface area contributed by atoms with Crippen LogP contribution in [0.4, 0.5) is 0 Å². The van der Waals surface area contributed by atoms with Crippen molar-refractivity contribution in [2.75, 3.05) is 6.54 Å². The van der Waals surface area contributed by atoms with E-state index in [-0.39, 0.29) is 0 Å². The van der Waals surface area contributed by atoms with Crippen LogP contribution in [0.25, 0.3) is 0 Å². The van der Waals surface area contributed by atoms with Crippen molar-refractivity contribution in [1.29, 1.82) is 0 Å². The average Bonchev–Trinajstić information content (AvgIpc) is 2.75. The van der Waals surface area contributed by atoms with Gasteiger partial charge in [0, 0.05) is 18.1 Å². The van der Waals surface area contributed by atoms with Crippen LogP contribution in [0.1, 0.15) is 17.5 Å². The fourth-order valence-corrected chi connectivity index (χ4v) is 2.04. The first-order valence-electron chi connectivity index (χ1n) is 5.64. The third-order valence-electron chi connectivity index (χ3n) is 2.66. The summed E-state index contributed by atoms with van der Waals surface area (Å²) in [6.07, 6.45) is 1.12. The lowest BCUT2D eigenvalue weighted by Crippen LogP contribution is -2.22. The first-order valence-corrected chi connectivity index (χ1v) is 6.43. The maximum absolute atomic E-state index is 10.0. The van der Waals surface area contributed by atoms with Crippen LogP contribution in [0, 0.1) is 0 Å². The van der Waals surface area contributed by atoms with E-state index in [2.05, 4.69) is 31.4 Å². The van der Waals surface area contributed by atoms with Gasteiger partial charge in [0.2, 0.25) is 0 Å². The third-order valence-corrected chi connectivity index (χ3v) is 3.15. The summed E-state index contributed by atoms with van der Waals surface area (Å²) < 4.78 is 2.81. The van der Waals surface area contributed by atoms with Crippen molar-refractivity contribution >= 4 is 15.9 Å². The molecule has 0 saturated heterocycles. The molecule has 0 aliphatic heterocycles. The normalized spacial score (nSPS) is 12.6. The molecule has 1 heterocycles. The Balaban J connectivity index is 1.85. The molecule has 6 heteroatoms. The monoisotopic (exact) mass is 310 g/mol. The number of hydrogen-bond donors (Lipinski definition) is 2. The van der Waals surface area contributed by atoms with Gasteiger partial charge in [0.05, 0.1) is 12.6 Å². The molecule has 0 bridgehead atoms. The highest BCUT2D eigenvalue weighted by Crippen LogP contribution is 2.17. The number of hydrogen-bond acceptors (Lipinski definition) is 4. The molecule has 18 heavy (non-hydrogen) atoms. The molecular weight excluding hydrogens is 296 g/mol. The van der Waals surface area contributed by atoms with Crippen LogP contribution in [0.5, 0.6) is 0 Å². The standard InChI is InChI=1S/C12H15BrN4O/c1-17-8-15-16-12(17)7-14-6-11(18)9-3-2-4-10(13)5-9/h2-5,8,11,14,18H,6-7H2,1H3. The van der Waals surface area contributed by atoms with Gasteiger partial charge in [0.15, 0.2) is 0 Å². The number of nitrogens with one attached hydrogen (secondary N) is 1. The Kier molecular flexibility index (Phi) is 4.46. The maximum Gasteiger partial charge on any atom is 0.146 e. The van der Waals surface area contributed by atoms with Crippen molar-refractivity contribution < 1.29 is 5.11 Å². The average molecular weight is 311 g/mol. The van der Waals surface area contributed by atoms with Crippen LogP contribution < -0.4 is 5.32 Å². The molecule has 0 fully saturated rings. The van der Waals surface area contributed by atoms with Gasteiger partial charge in [-0.1, -0.05) is 28.1 Å². The number of aryl methyl sites for hydroxylation is 1. The molecule has 1 atom stereocenters. The number of aromatic nitrogens is 3. The van der Waals surface area contributed by atoms with Gasteiger partial charge >= 0.3 is 0 Å². The van der Waals surface area contributed by atoms with Gasteiger partial charge in [-0.3, -0.25) is 0 Å². The fraction of sp³-hybridized carbons (Fsp3) is 0.333. The van der Waals surface area contributed by atoms with Gasteiger partial charge in [-0.05, 0) is 17.7 Å². The van der Waals surface area contributed by atoms with E-state index in [0.717, 1.165) is 15.9 Å². The van der Waals surface area contributed by atoms with Gasteiger partial charge in [-0.2, -0.15) is 0 Å². The molecule has 96 valence electrons. The van der Waals surface area contributed by atoms with Crippen molar-refractivity contribution in [1.82, 2.24) is 20.1 Å². The van der Waals surface area contributed by atoms with E-state index in [9.17, 15) is 5.11 Å². The summed E-state index contributed by atoms with van der Waals surface area (Å²) in [6.45, 7) is 1.06. The molecule has 1 aromatic heterocycles. The number of rotatable bonds is 5. The van der Waals surface area contributed by atoms with E-state index in [4.69, 9.17) is 0 Å². The molecule has 5 nitrogen and oxygen atoms in total. The highest BCUT2D eigenvalue weighted by Gasteiger charge is 2.08. The molecule has 0 spiro atoms. The number of nitrogens with zero attached hydrogens (tertiary/aromatic N) is 3. The molecule has 0 amide bonds. The summed E-state index contributed by atoms with van der Waals surface area (Å²) in [7, 11) is 1.89. The minimum Gasteiger partial charge on any atom is -0.387 e. The van der Waals surface area contributed by atoms with Crippen LogP contribution in [0.3, 0.4) is 0 Å². The van der Waals surface area contributed by atoms with Gasteiger partial charge in [-0.15, -0.1) is 10.2 Å². The molecule has 2 rings (SSSR count). The molecule has 2 N–H and O–H groups in total. The molecule has 0 aliphatic carbocycles. The van der Waals surface area contributed by atoms with Crippen molar-refractivity contribution in [3.05, 3.63) is 46.5 Å². The van der Waals surface area contributed by atoms with Gasteiger partial charge in [0.25, 0.3) is 0 Å². The summed E-state index contributed by atoms with van der Waals surface area (Å²) in [5.74, 6) is 0.844. The van der Waals surface area contributed by atoms with Crippen LogP contribution in [-0.2, 0) is 13.6 Å². The minimum absolute atomic E-state index is 0.476. The van der Waals surface area contributed by atoms with Gasteiger partial charge < -0.3 is 15.0 Å². The molecular formula is C12H15BrN4O. The van der Waals surface area contributed by atoms with E-state index in [1.807, 2.05) is 35.9 Å². The van der Waals surface area contributed by atoms with E-state index < -0.39 is 6.10 Å². The zero-order valence-electron chi connectivity index (χ0n) is 10.0. The van der Waals surface area contributed by atoms with E-state index in [0.29, 0.717) is 13.1 Å². The second-order valence-corrected chi connectivity index (χ2v) is 4.98. The highest BCUT2D eigenvalue weighted by molar-refractivity contribution is 9.10. The Morgan fingerprint density at radius 2 is 2.33 bits per heavy atom. The fourth-order valence-electron chi connectivity index (χ4n) is 1.62. The first kappa shape index (κ1) is 13.2. The van der Waals surface area contributed by atoms with Crippen molar-refractivity contribution in [2.45, 2.75) is 12.6 Å². The Labute approximate surface area is 114 Å². The molecule has 1 unspecified atom stereocenters. The topological polar surface area (TPSA) is 63.0 Å². The highest BCUT2D eigenvalue weighted by atomic mass is 79.9. The second kappa shape index (κ2) is 6.08. The van der Waals surface area contributed by atoms with Crippen molar-refractivity contribution in [2.24, 2.45) is 7.05 Å². The summed E-state index contributed by atoms with van der Waals surface area (Å²) in [4.78, 5) is 0. The third kappa shape index (κ3) is 3.38. The van der Waals surface area contributed by atoms with Crippen LogP contribution in [0.15, 0.2) is 35.1 Å². The quantitative estimate of drug-likeness (QED) is 0.876. The largest absolute Gasteiger partial charge is 0.387 e. The number of halogens is 1. The summed E-state index contributed by atoms with van der Waals surface area (Å²) in [5, 5.41) is 20.9. The van der Waals surface area contributed by atoms with Crippen molar-refractivity contribution in [3.8, 4) is 0 Å².